The van der Waals surface area contributed by atoms with E-state index in [-0.39, 0.29) is 17.3 Å². The molecule has 0 aliphatic rings. The van der Waals surface area contributed by atoms with Crippen molar-refractivity contribution in [2.75, 3.05) is 24.9 Å². The van der Waals surface area contributed by atoms with E-state index >= 15 is 0 Å². The zero-order valence-corrected chi connectivity index (χ0v) is 18.2. The summed E-state index contributed by atoms with van der Waals surface area (Å²) in [5, 5.41) is 17.5. The minimum absolute atomic E-state index is 0.155. The second-order valence-electron chi connectivity index (χ2n) is 7.09. The topological polar surface area (TPSA) is 116 Å². The predicted octanol–water partition coefficient (Wildman–Crippen LogP) is 4.74. The maximum Gasteiger partial charge on any atom is 0.293 e. The highest BCUT2D eigenvalue weighted by molar-refractivity contribution is 6.05. The molecule has 1 unspecified atom stereocenters. The third-order valence-corrected chi connectivity index (χ3v) is 4.94. The van der Waals surface area contributed by atoms with Crippen LogP contribution in [0.5, 0.6) is 11.5 Å². The van der Waals surface area contributed by atoms with E-state index in [4.69, 9.17) is 9.47 Å². The van der Waals surface area contributed by atoms with Crippen molar-refractivity contribution in [1.29, 1.82) is 0 Å². The summed E-state index contributed by atoms with van der Waals surface area (Å²) in [5.41, 5.74) is 2.26. The fraction of sp³-hybridized carbons (Fsp3) is 0.217. The average Bonchev–Trinajstić information content (AvgIpc) is 2.80. The van der Waals surface area contributed by atoms with Gasteiger partial charge in [0.05, 0.1) is 30.9 Å². The van der Waals surface area contributed by atoms with Gasteiger partial charge in [-0.3, -0.25) is 19.9 Å². The van der Waals surface area contributed by atoms with Gasteiger partial charge in [0.2, 0.25) is 0 Å². The van der Waals surface area contributed by atoms with Gasteiger partial charge in [0.1, 0.15) is 5.69 Å². The second kappa shape index (κ2) is 9.78. The minimum Gasteiger partial charge on any atom is -0.493 e. The van der Waals surface area contributed by atoms with Crippen molar-refractivity contribution in [3.05, 3.63) is 81.7 Å². The standard InChI is InChI=1S/C23H24N4O5/c1-14-11-21(31-3)22(32-4)13-19(14)26-23(28)16-8-9-18(20(12-16)27(29)30)25-15(2)17-7-5-6-10-24-17/h5-13,15,25H,1-4H3,(H,26,28). The molecule has 2 aromatic carbocycles. The van der Waals surface area contributed by atoms with Crippen LogP contribution < -0.4 is 20.1 Å². The van der Waals surface area contributed by atoms with Crippen molar-refractivity contribution in [3.63, 3.8) is 0 Å². The lowest BCUT2D eigenvalue weighted by Gasteiger charge is -2.16. The Bertz CT molecular complexity index is 1130. The zero-order chi connectivity index (χ0) is 23.3. The summed E-state index contributed by atoms with van der Waals surface area (Å²) in [6.45, 7) is 3.67. The lowest BCUT2D eigenvalue weighted by atomic mass is 10.1. The number of hydrogen-bond acceptors (Lipinski definition) is 7. The number of nitrogens with one attached hydrogen (secondary N) is 2. The van der Waals surface area contributed by atoms with E-state index in [1.807, 2.05) is 26.0 Å². The molecule has 0 fully saturated rings. The summed E-state index contributed by atoms with van der Waals surface area (Å²) < 4.78 is 10.5. The van der Waals surface area contributed by atoms with Crippen LogP contribution in [0.25, 0.3) is 0 Å². The molecule has 1 atom stereocenters. The van der Waals surface area contributed by atoms with Crippen molar-refractivity contribution in [3.8, 4) is 11.5 Å². The molecule has 0 saturated heterocycles. The largest absolute Gasteiger partial charge is 0.493 e. The third kappa shape index (κ3) is 4.94. The fourth-order valence-corrected chi connectivity index (χ4v) is 3.20. The molecule has 9 heteroatoms. The third-order valence-electron chi connectivity index (χ3n) is 4.94. The van der Waals surface area contributed by atoms with E-state index in [1.165, 1.54) is 32.4 Å². The number of carbonyl (C=O) groups excluding carboxylic acids is 1. The number of anilines is 2. The Labute approximate surface area is 185 Å². The molecular formula is C23H24N4O5. The number of benzene rings is 2. The van der Waals surface area contributed by atoms with Gasteiger partial charge in [-0.1, -0.05) is 6.07 Å². The smallest absolute Gasteiger partial charge is 0.293 e. The van der Waals surface area contributed by atoms with Crippen molar-refractivity contribution >= 4 is 23.0 Å². The first-order valence-corrected chi connectivity index (χ1v) is 9.84. The predicted molar refractivity (Wildman–Crippen MR) is 122 cm³/mol. The Hall–Kier alpha value is -4.14. The Morgan fingerprint density at radius 2 is 1.78 bits per heavy atom. The van der Waals surface area contributed by atoms with Crippen molar-refractivity contribution in [2.45, 2.75) is 19.9 Å². The van der Waals surface area contributed by atoms with E-state index in [2.05, 4.69) is 15.6 Å². The number of aromatic nitrogens is 1. The lowest BCUT2D eigenvalue weighted by Crippen LogP contribution is -2.14. The molecule has 1 heterocycles. The summed E-state index contributed by atoms with van der Waals surface area (Å²) >= 11 is 0. The maximum atomic E-state index is 12.8. The van der Waals surface area contributed by atoms with Gasteiger partial charge >= 0.3 is 0 Å². The summed E-state index contributed by atoms with van der Waals surface area (Å²) in [6.07, 6.45) is 1.66. The maximum absolute atomic E-state index is 12.8. The van der Waals surface area contributed by atoms with Crippen molar-refractivity contribution in [1.82, 2.24) is 4.98 Å². The van der Waals surface area contributed by atoms with Crippen LogP contribution in [-0.2, 0) is 0 Å². The SMILES string of the molecule is COc1cc(C)c(NC(=O)c2ccc(NC(C)c3ccccn3)c([N+](=O)[O-])c2)cc1OC. The normalized spacial score (nSPS) is 11.4. The number of nitro groups is 1. The van der Waals surface area contributed by atoms with Gasteiger partial charge in [0.25, 0.3) is 11.6 Å². The van der Waals surface area contributed by atoms with Gasteiger partial charge in [-0.2, -0.15) is 0 Å². The van der Waals surface area contributed by atoms with Crippen LogP contribution in [0.3, 0.4) is 0 Å². The number of rotatable bonds is 8. The number of aryl methyl sites for hydroxylation is 1. The molecule has 0 spiro atoms. The van der Waals surface area contributed by atoms with Crippen LogP contribution in [-0.4, -0.2) is 30.0 Å². The molecule has 1 aromatic heterocycles. The van der Waals surface area contributed by atoms with Crippen LogP contribution in [0.15, 0.2) is 54.7 Å². The lowest BCUT2D eigenvalue weighted by molar-refractivity contribution is -0.384. The van der Waals surface area contributed by atoms with E-state index in [0.29, 0.717) is 22.9 Å². The minimum atomic E-state index is -0.522. The van der Waals surface area contributed by atoms with Gasteiger partial charge in [0, 0.05) is 29.6 Å². The van der Waals surface area contributed by atoms with E-state index < -0.39 is 10.8 Å². The number of hydrogen-bond donors (Lipinski definition) is 2. The van der Waals surface area contributed by atoms with Crippen LogP contribution in [0.1, 0.15) is 34.6 Å². The summed E-state index contributed by atoms with van der Waals surface area (Å²) in [5.74, 6) is 0.520. The highest BCUT2D eigenvalue weighted by Crippen LogP contribution is 2.34. The molecule has 3 aromatic rings. The van der Waals surface area contributed by atoms with Gasteiger partial charge < -0.3 is 20.1 Å². The molecule has 166 valence electrons. The van der Waals surface area contributed by atoms with Crippen LogP contribution in [0.2, 0.25) is 0 Å². The zero-order valence-electron chi connectivity index (χ0n) is 18.2. The number of methoxy groups -OCH3 is 2. The average molecular weight is 436 g/mol. The molecule has 9 nitrogen and oxygen atoms in total. The molecular weight excluding hydrogens is 412 g/mol. The number of carbonyl (C=O) groups is 1. The highest BCUT2D eigenvalue weighted by atomic mass is 16.6. The van der Waals surface area contributed by atoms with Gasteiger partial charge in [-0.05, 0) is 49.7 Å². The molecule has 0 aliphatic carbocycles. The van der Waals surface area contributed by atoms with Gasteiger partial charge in [0.15, 0.2) is 11.5 Å². The quantitative estimate of drug-likeness (QED) is 0.387. The molecule has 0 bridgehead atoms. The summed E-state index contributed by atoms with van der Waals surface area (Å²) in [7, 11) is 3.03. The Kier molecular flexibility index (Phi) is 6.89. The number of pyridine rings is 1. The van der Waals surface area contributed by atoms with E-state index in [9.17, 15) is 14.9 Å². The molecule has 0 aliphatic heterocycles. The Morgan fingerprint density at radius 3 is 2.41 bits per heavy atom. The molecule has 0 saturated carbocycles. The first-order valence-electron chi connectivity index (χ1n) is 9.84. The van der Waals surface area contributed by atoms with E-state index in [0.717, 1.165) is 11.3 Å². The number of amides is 1. The Morgan fingerprint density at radius 1 is 1.06 bits per heavy atom. The molecule has 3 rings (SSSR count). The summed E-state index contributed by atoms with van der Waals surface area (Å²) in [6, 6.07) is 12.9. The molecule has 0 radical (unpaired) electrons. The van der Waals surface area contributed by atoms with E-state index in [1.54, 1.807) is 24.4 Å². The van der Waals surface area contributed by atoms with Crippen LogP contribution >= 0.6 is 0 Å². The van der Waals surface area contributed by atoms with Crippen LogP contribution in [0.4, 0.5) is 17.1 Å². The monoisotopic (exact) mass is 436 g/mol. The van der Waals surface area contributed by atoms with Gasteiger partial charge in [-0.25, -0.2) is 0 Å². The number of nitro benzene ring substituents is 1. The molecule has 1 amide bonds. The number of nitrogens with zero attached hydrogens (tertiary/aromatic N) is 2. The first kappa shape index (κ1) is 22.5. The second-order valence-corrected chi connectivity index (χ2v) is 7.09. The number of ether oxygens (including phenoxy) is 2. The molecule has 2 N–H and O–H groups in total. The molecule has 32 heavy (non-hydrogen) atoms. The van der Waals surface area contributed by atoms with Crippen molar-refractivity contribution < 1.29 is 19.2 Å². The fourth-order valence-electron chi connectivity index (χ4n) is 3.20. The summed E-state index contributed by atoms with van der Waals surface area (Å²) in [4.78, 5) is 28.2. The van der Waals surface area contributed by atoms with Crippen molar-refractivity contribution in [2.24, 2.45) is 0 Å². The Balaban J connectivity index is 1.85. The highest BCUT2D eigenvalue weighted by Gasteiger charge is 2.20. The van der Waals surface area contributed by atoms with Crippen LogP contribution in [0, 0.1) is 17.0 Å². The van der Waals surface area contributed by atoms with Gasteiger partial charge in [-0.15, -0.1) is 0 Å². The first-order chi connectivity index (χ1) is 15.3.